The number of nitrogens with zero attached hydrogens (tertiary/aromatic N) is 3. The summed E-state index contributed by atoms with van der Waals surface area (Å²) in [5, 5.41) is 5.51. The summed E-state index contributed by atoms with van der Waals surface area (Å²) in [5.41, 5.74) is 4.80. The van der Waals surface area contributed by atoms with E-state index in [0.717, 1.165) is 39.6 Å². The fourth-order valence-corrected chi connectivity index (χ4v) is 3.73. The summed E-state index contributed by atoms with van der Waals surface area (Å²) in [6, 6.07) is 37.6. The van der Waals surface area contributed by atoms with Crippen LogP contribution in [0.2, 0.25) is 5.02 Å². The highest BCUT2D eigenvalue weighted by Gasteiger charge is 2.10. The van der Waals surface area contributed by atoms with E-state index in [1.165, 1.54) is 0 Å². The molecule has 1 aromatic heterocycles. The zero-order valence-electron chi connectivity index (χ0n) is 18.4. The Balaban J connectivity index is 1.36. The van der Waals surface area contributed by atoms with Crippen LogP contribution in [0.4, 0.5) is 5.82 Å². The standard InChI is InChI=1S/C29H22ClN3O/c30-27-14-8-7-11-24(27)21-34-26-17-15-22(16-18-26)20-31-29-19-28(23-9-3-1-4-10-23)32-33(29)25-12-5-2-6-13-25/h1-20H,21H2. The predicted octanol–water partition coefficient (Wildman–Crippen LogP) is 7.52. The van der Waals surface area contributed by atoms with E-state index in [0.29, 0.717) is 11.6 Å². The Hall–Kier alpha value is -4.15. The van der Waals surface area contributed by atoms with Gasteiger partial charge in [-0.1, -0.05) is 78.3 Å². The maximum Gasteiger partial charge on any atom is 0.156 e. The molecule has 0 aliphatic heterocycles. The molecule has 0 saturated carbocycles. The maximum atomic E-state index is 6.21. The first kappa shape index (κ1) is 21.7. The predicted molar refractivity (Wildman–Crippen MR) is 138 cm³/mol. The number of ether oxygens (including phenoxy) is 1. The monoisotopic (exact) mass is 463 g/mol. The van der Waals surface area contributed by atoms with Gasteiger partial charge in [-0.15, -0.1) is 0 Å². The first-order valence-electron chi connectivity index (χ1n) is 11.0. The van der Waals surface area contributed by atoms with Gasteiger partial charge < -0.3 is 4.74 Å². The number of halogens is 1. The number of hydrogen-bond donors (Lipinski definition) is 0. The maximum absolute atomic E-state index is 6.21. The first-order chi connectivity index (χ1) is 16.8. The van der Waals surface area contributed by atoms with Crippen LogP contribution in [0.5, 0.6) is 5.75 Å². The third kappa shape index (κ3) is 5.08. The van der Waals surface area contributed by atoms with Crippen molar-refractivity contribution >= 4 is 23.6 Å². The second-order valence-electron chi connectivity index (χ2n) is 7.71. The zero-order chi connectivity index (χ0) is 23.2. The Kier molecular flexibility index (Phi) is 6.50. The summed E-state index contributed by atoms with van der Waals surface area (Å²) in [6.45, 7) is 0.422. The van der Waals surface area contributed by atoms with Crippen molar-refractivity contribution in [3.63, 3.8) is 0 Å². The molecule has 0 fully saturated rings. The molecule has 4 aromatic carbocycles. The zero-order valence-corrected chi connectivity index (χ0v) is 19.1. The van der Waals surface area contributed by atoms with Gasteiger partial charge in [0.25, 0.3) is 0 Å². The lowest BCUT2D eigenvalue weighted by Gasteiger charge is -2.08. The van der Waals surface area contributed by atoms with Gasteiger partial charge in [0, 0.05) is 28.4 Å². The van der Waals surface area contributed by atoms with Gasteiger partial charge in [0.15, 0.2) is 5.82 Å². The number of aromatic nitrogens is 2. The van der Waals surface area contributed by atoms with Crippen LogP contribution in [-0.2, 0) is 6.61 Å². The summed E-state index contributed by atoms with van der Waals surface area (Å²) >= 11 is 6.21. The van der Waals surface area contributed by atoms with Crippen molar-refractivity contribution in [2.75, 3.05) is 0 Å². The number of aliphatic imine (C=N–C) groups is 1. The van der Waals surface area contributed by atoms with Gasteiger partial charge in [0.2, 0.25) is 0 Å². The molecule has 5 heteroatoms. The molecular weight excluding hydrogens is 442 g/mol. The Morgan fingerprint density at radius 2 is 1.47 bits per heavy atom. The van der Waals surface area contributed by atoms with Gasteiger partial charge in [0.1, 0.15) is 12.4 Å². The highest BCUT2D eigenvalue weighted by Crippen LogP contribution is 2.26. The van der Waals surface area contributed by atoms with Crippen LogP contribution in [-0.4, -0.2) is 16.0 Å². The molecular formula is C29H22ClN3O. The van der Waals surface area contributed by atoms with Gasteiger partial charge in [-0.25, -0.2) is 9.67 Å². The quantitative estimate of drug-likeness (QED) is 0.234. The number of hydrogen-bond acceptors (Lipinski definition) is 3. The Labute approximate surface area is 203 Å². The van der Waals surface area contributed by atoms with Crippen LogP contribution in [0.25, 0.3) is 16.9 Å². The summed E-state index contributed by atoms with van der Waals surface area (Å²) in [6.07, 6.45) is 1.84. The second kappa shape index (κ2) is 10.2. The highest BCUT2D eigenvalue weighted by atomic mass is 35.5. The second-order valence-corrected chi connectivity index (χ2v) is 8.12. The third-order valence-corrected chi connectivity index (χ3v) is 5.71. The fraction of sp³-hybridized carbons (Fsp3) is 0.0345. The van der Waals surface area contributed by atoms with Crippen molar-refractivity contribution in [2.24, 2.45) is 4.99 Å². The van der Waals surface area contributed by atoms with Crippen molar-refractivity contribution in [2.45, 2.75) is 6.61 Å². The minimum Gasteiger partial charge on any atom is -0.489 e. The Morgan fingerprint density at radius 3 is 2.21 bits per heavy atom. The molecule has 0 radical (unpaired) electrons. The van der Waals surface area contributed by atoms with Gasteiger partial charge in [0.05, 0.1) is 11.4 Å². The molecule has 4 nitrogen and oxygen atoms in total. The number of para-hydroxylation sites is 1. The summed E-state index contributed by atoms with van der Waals surface area (Å²) < 4.78 is 7.74. The average Bonchev–Trinajstić information content (AvgIpc) is 3.33. The lowest BCUT2D eigenvalue weighted by molar-refractivity contribution is 0.306. The number of benzene rings is 4. The van der Waals surface area contributed by atoms with Gasteiger partial charge in [-0.2, -0.15) is 5.10 Å². The average molecular weight is 464 g/mol. The Morgan fingerprint density at radius 1 is 0.794 bits per heavy atom. The molecule has 0 aliphatic rings. The fourth-order valence-electron chi connectivity index (χ4n) is 3.54. The first-order valence-corrected chi connectivity index (χ1v) is 11.4. The van der Waals surface area contributed by atoms with E-state index in [4.69, 9.17) is 26.4 Å². The molecule has 0 amide bonds. The normalized spacial score (nSPS) is 11.1. The molecule has 166 valence electrons. The van der Waals surface area contributed by atoms with E-state index in [-0.39, 0.29) is 0 Å². The SMILES string of the molecule is Clc1ccccc1COc1ccc(C=Nc2cc(-c3ccccc3)nn2-c2ccccc2)cc1. The van der Waals surface area contributed by atoms with Crippen molar-refractivity contribution in [1.82, 2.24) is 9.78 Å². The van der Waals surface area contributed by atoms with Crippen molar-refractivity contribution < 1.29 is 4.74 Å². The highest BCUT2D eigenvalue weighted by molar-refractivity contribution is 6.31. The summed E-state index contributed by atoms with van der Waals surface area (Å²) in [5.74, 6) is 1.53. The van der Waals surface area contributed by atoms with Crippen molar-refractivity contribution in [1.29, 1.82) is 0 Å². The number of rotatable bonds is 7. The molecule has 0 saturated heterocycles. The van der Waals surface area contributed by atoms with Crippen molar-refractivity contribution in [3.8, 4) is 22.7 Å². The van der Waals surface area contributed by atoms with Crippen LogP contribution in [0.3, 0.4) is 0 Å². The minimum atomic E-state index is 0.422. The lowest BCUT2D eigenvalue weighted by atomic mass is 10.2. The van der Waals surface area contributed by atoms with Gasteiger partial charge in [-0.3, -0.25) is 0 Å². The Bertz CT molecular complexity index is 1390. The molecule has 5 rings (SSSR count). The van der Waals surface area contributed by atoms with E-state index in [2.05, 4.69) is 0 Å². The van der Waals surface area contributed by atoms with E-state index < -0.39 is 0 Å². The molecule has 0 unspecified atom stereocenters. The molecule has 1 heterocycles. The molecule has 5 aromatic rings. The van der Waals surface area contributed by atoms with E-state index in [1.54, 1.807) is 0 Å². The lowest BCUT2D eigenvalue weighted by Crippen LogP contribution is -1.97. The minimum absolute atomic E-state index is 0.422. The van der Waals surface area contributed by atoms with E-state index >= 15 is 0 Å². The van der Waals surface area contributed by atoms with Crippen molar-refractivity contribution in [3.05, 3.63) is 131 Å². The van der Waals surface area contributed by atoms with E-state index in [9.17, 15) is 0 Å². The van der Waals surface area contributed by atoms with Crippen LogP contribution < -0.4 is 4.74 Å². The summed E-state index contributed by atoms with van der Waals surface area (Å²) in [4.78, 5) is 4.75. The third-order valence-electron chi connectivity index (χ3n) is 5.34. The van der Waals surface area contributed by atoms with Crippen LogP contribution in [0, 0.1) is 0 Å². The molecule has 0 aliphatic carbocycles. The molecule has 0 atom stereocenters. The summed E-state index contributed by atoms with van der Waals surface area (Å²) in [7, 11) is 0. The molecule has 0 bridgehead atoms. The molecule has 0 N–H and O–H groups in total. The van der Waals surface area contributed by atoms with Crippen LogP contribution in [0.15, 0.2) is 120 Å². The largest absolute Gasteiger partial charge is 0.489 e. The van der Waals surface area contributed by atoms with Gasteiger partial charge in [-0.05, 0) is 48.0 Å². The van der Waals surface area contributed by atoms with Crippen LogP contribution >= 0.6 is 11.6 Å². The topological polar surface area (TPSA) is 39.4 Å². The molecule has 34 heavy (non-hydrogen) atoms. The van der Waals surface area contributed by atoms with E-state index in [1.807, 2.05) is 126 Å². The van der Waals surface area contributed by atoms with Gasteiger partial charge >= 0.3 is 0 Å². The smallest absolute Gasteiger partial charge is 0.156 e. The van der Waals surface area contributed by atoms with Crippen LogP contribution in [0.1, 0.15) is 11.1 Å². The molecule has 0 spiro atoms.